The van der Waals surface area contributed by atoms with E-state index < -0.39 is 0 Å². The van der Waals surface area contributed by atoms with Crippen LogP contribution < -0.4 is 0 Å². The molecule has 2 aromatic carbocycles. The Morgan fingerprint density at radius 3 is 2.15 bits per heavy atom. The van der Waals surface area contributed by atoms with Gasteiger partial charge in [0.25, 0.3) is 0 Å². The molecule has 0 aliphatic carbocycles. The predicted molar refractivity (Wildman–Crippen MR) is 84.9 cm³/mol. The smallest absolute Gasteiger partial charge is 0.184 e. The molecule has 20 heavy (non-hydrogen) atoms. The van der Waals surface area contributed by atoms with Gasteiger partial charge < -0.3 is 4.57 Å². The van der Waals surface area contributed by atoms with E-state index in [1.165, 1.54) is 5.56 Å². The van der Waals surface area contributed by atoms with Crippen molar-refractivity contribution < 1.29 is 0 Å². The van der Waals surface area contributed by atoms with E-state index in [0.717, 1.165) is 22.7 Å². The van der Waals surface area contributed by atoms with Crippen LogP contribution in [-0.4, -0.2) is 9.13 Å². The summed E-state index contributed by atoms with van der Waals surface area (Å²) in [4.78, 5) is 0. The lowest BCUT2D eigenvalue weighted by Gasteiger charge is -2.05. The quantitative estimate of drug-likeness (QED) is 0.648. The fourth-order valence-electron chi connectivity index (χ4n) is 2.40. The summed E-state index contributed by atoms with van der Waals surface area (Å²) in [5, 5.41) is 0. The molecule has 2 nitrogen and oxygen atoms in total. The van der Waals surface area contributed by atoms with Gasteiger partial charge in [-0.2, -0.15) is 0 Å². The summed E-state index contributed by atoms with van der Waals surface area (Å²) in [7, 11) is 0. The molecule has 0 atom stereocenters. The van der Waals surface area contributed by atoms with E-state index in [0.29, 0.717) is 0 Å². The molecule has 3 rings (SSSR count). The molecule has 3 aromatic rings. The molecule has 1 heterocycles. The number of hydrogen-bond donors (Lipinski definition) is 0. The minimum Gasteiger partial charge on any atom is -0.319 e. The van der Waals surface area contributed by atoms with Crippen LogP contribution in [0.2, 0.25) is 0 Å². The molecule has 0 saturated heterocycles. The van der Waals surface area contributed by atoms with Crippen molar-refractivity contribution in [2.45, 2.75) is 13.5 Å². The highest BCUT2D eigenvalue weighted by molar-refractivity contribution is 7.71. The van der Waals surface area contributed by atoms with Crippen LogP contribution in [0.1, 0.15) is 11.3 Å². The molecule has 0 spiro atoms. The summed E-state index contributed by atoms with van der Waals surface area (Å²) in [6.07, 6.45) is 2.11. The maximum Gasteiger partial charge on any atom is 0.184 e. The Balaban J connectivity index is 2.02. The second-order valence-electron chi connectivity index (χ2n) is 4.84. The van der Waals surface area contributed by atoms with Crippen LogP contribution in [0.4, 0.5) is 0 Å². The van der Waals surface area contributed by atoms with Crippen molar-refractivity contribution in [1.29, 1.82) is 0 Å². The summed E-state index contributed by atoms with van der Waals surface area (Å²) in [5.41, 5.74) is 3.52. The fraction of sp³-hybridized carbons (Fsp3) is 0.118. The van der Waals surface area contributed by atoms with E-state index in [2.05, 4.69) is 58.7 Å². The Hall–Kier alpha value is -2.13. The van der Waals surface area contributed by atoms with Crippen LogP contribution in [-0.2, 0) is 6.54 Å². The average Bonchev–Trinajstić information content (AvgIpc) is 2.75. The summed E-state index contributed by atoms with van der Waals surface area (Å²) >= 11 is 5.62. The third kappa shape index (κ3) is 2.45. The second-order valence-corrected chi connectivity index (χ2v) is 5.20. The zero-order valence-electron chi connectivity index (χ0n) is 11.4. The molecule has 1 aromatic heterocycles. The van der Waals surface area contributed by atoms with Crippen molar-refractivity contribution in [2.75, 3.05) is 0 Å². The van der Waals surface area contributed by atoms with E-state index in [1.807, 2.05) is 24.3 Å². The number of rotatable bonds is 3. The van der Waals surface area contributed by atoms with Gasteiger partial charge in [-0.05, 0) is 36.8 Å². The van der Waals surface area contributed by atoms with Crippen molar-refractivity contribution in [3.63, 3.8) is 0 Å². The molecule has 0 saturated carbocycles. The Kier molecular flexibility index (Phi) is 3.52. The van der Waals surface area contributed by atoms with Crippen LogP contribution in [0, 0.1) is 11.7 Å². The third-order valence-electron chi connectivity index (χ3n) is 3.34. The number of hydrogen-bond acceptors (Lipinski definition) is 1. The maximum atomic E-state index is 5.62. The number of benzene rings is 2. The van der Waals surface area contributed by atoms with Gasteiger partial charge in [0.1, 0.15) is 0 Å². The second kappa shape index (κ2) is 5.47. The monoisotopic (exact) mass is 280 g/mol. The average molecular weight is 280 g/mol. The van der Waals surface area contributed by atoms with Crippen LogP contribution in [0.3, 0.4) is 0 Å². The molecular weight excluding hydrogens is 264 g/mol. The first-order chi connectivity index (χ1) is 9.75. The summed E-state index contributed by atoms with van der Waals surface area (Å²) in [5.74, 6) is 0. The minimum atomic E-state index is 0.806. The number of aryl methyl sites for hydroxylation is 1. The SMILES string of the molecule is Cc1cn(Cc2ccccc2)c(=S)n1-c1ccccc1. The van der Waals surface area contributed by atoms with Gasteiger partial charge >= 0.3 is 0 Å². The normalized spacial score (nSPS) is 10.7. The summed E-state index contributed by atoms with van der Waals surface area (Å²) in [6, 6.07) is 20.6. The minimum absolute atomic E-state index is 0.806. The Bertz CT molecular complexity index is 755. The highest BCUT2D eigenvalue weighted by Crippen LogP contribution is 2.15. The predicted octanol–water partition coefficient (Wildman–Crippen LogP) is 4.37. The van der Waals surface area contributed by atoms with Crippen LogP contribution >= 0.6 is 12.2 Å². The molecule has 0 N–H and O–H groups in total. The van der Waals surface area contributed by atoms with Crippen molar-refractivity contribution in [1.82, 2.24) is 9.13 Å². The van der Waals surface area contributed by atoms with Crippen LogP contribution in [0.15, 0.2) is 66.9 Å². The zero-order valence-corrected chi connectivity index (χ0v) is 12.2. The lowest BCUT2D eigenvalue weighted by Crippen LogP contribution is -2.01. The van der Waals surface area contributed by atoms with E-state index >= 15 is 0 Å². The van der Waals surface area contributed by atoms with Gasteiger partial charge in [-0.25, -0.2) is 0 Å². The third-order valence-corrected chi connectivity index (χ3v) is 3.76. The number of aromatic nitrogens is 2. The molecule has 0 bridgehead atoms. The van der Waals surface area contributed by atoms with Gasteiger partial charge in [-0.3, -0.25) is 4.57 Å². The molecule has 0 unspecified atom stereocenters. The van der Waals surface area contributed by atoms with Gasteiger partial charge in [0.2, 0.25) is 0 Å². The van der Waals surface area contributed by atoms with Crippen LogP contribution in [0.5, 0.6) is 0 Å². The Morgan fingerprint density at radius 1 is 0.900 bits per heavy atom. The highest BCUT2D eigenvalue weighted by atomic mass is 32.1. The molecule has 3 heteroatoms. The molecule has 0 amide bonds. The van der Waals surface area contributed by atoms with Gasteiger partial charge in [-0.15, -0.1) is 0 Å². The van der Waals surface area contributed by atoms with Gasteiger partial charge in [-0.1, -0.05) is 48.5 Å². The largest absolute Gasteiger partial charge is 0.319 e. The lowest BCUT2D eigenvalue weighted by atomic mass is 10.2. The van der Waals surface area contributed by atoms with Crippen molar-refractivity contribution in [2.24, 2.45) is 0 Å². The number of imidazole rings is 1. The molecule has 100 valence electrons. The Labute approximate surface area is 123 Å². The van der Waals surface area contributed by atoms with E-state index in [4.69, 9.17) is 12.2 Å². The first kappa shape index (κ1) is 12.9. The first-order valence-corrected chi connectivity index (χ1v) is 7.04. The highest BCUT2D eigenvalue weighted by Gasteiger charge is 2.07. The van der Waals surface area contributed by atoms with E-state index in [1.54, 1.807) is 0 Å². The Morgan fingerprint density at radius 2 is 1.50 bits per heavy atom. The standard InChI is InChI=1S/C17H16N2S/c1-14-12-18(13-15-8-4-2-5-9-15)17(20)19(14)16-10-6-3-7-11-16/h2-12H,13H2,1H3. The van der Waals surface area contributed by atoms with Crippen molar-refractivity contribution >= 4 is 12.2 Å². The first-order valence-electron chi connectivity index (χ1n) is 6.64. The van der Waals surface area contributed by atoms with Crippen molar-refractivity contribution in [3.05, 3.63) is 82.9 Å². The topological polar surface area (TPSA) is 9.86 Å². The van der Waals surface area contributed by atoms with Crippen molar-refractivity contribution in [3.8, 4) is 5.69 Å². The van der Waals surface area contributed by atoms with Gasteiger partial charge in [0.05, 0.1) is 0 Å². The van der Waals surface area contributed by atoms with E-state index in [9.17, 15) is 0 Å². The van der Waals surface area contributed by atoms with Gasteiger partial charge in [0.15, 0.2) is 4.77 Å². The van der Waals surface area contributed by atoms with Crippen LogP contribution in [0.25, 0.3) is 5.69 Å². The fourth-order valence-corrected chi connectivity index (χ4v) is 2.77. The van der Waals surface area contributed by atoms with Gasteiger partial charge in [0, 0.05) is 24.1 Å². The number of para-hydroxylation sites is 1. The summed E-state index contributed by atoms with van der Waals surface area (Å²) < 4.78 is 5.06. The molecule has 0 radical (unpaired) electrons. The number of nitrogens with zero attached hydrogens (tertiary/aromatic N) is 2. The molecule has 0 fully saturated rings. The summed E-state index contributed by atoms with van der Waals surface area (Å²) in [6.45, 7) is 2.89. The molecular formula is C17H16N2S. The zero-order chi connectivity index (χ0) is 13.9. The lowest BCUT2D eigenvalue weighted by molar-refractivity contribution is 0.769. The van der Waals surface area contributed by atoms with E-state index in [-0.39, 0.29) is 0 Å². The molecule has 0 aliphatic rings. The molecule has 0 aliphatic heterocycles. The maximum absolute atomic E-state index is 5.62.